The largest absolute Gasteiger partial charge is 0.383 e. The number of cyclic esters (lactones) is 2. The molecule has 0 bridgehead atoms. The van der Waals surface area contributed by atoms with E-state index in [0.29, 0.717) is 11.3 Å². The Bertz CT molecular complexity index is 717. The third-order valence-corrected chi connectivity index (χ3v) is 2.64. The van der Waals surface area contributed by atoms with Crippen molar-refractivity contribution >= 4 is 17.8 Å². The summed E-state index contributed by atoms with van der Waals surface area (Å²) in [5.74, 6) is -2.19. The Labute approximate surface area is 105 Å². The average molecular weight is 258 g/mol. The molecule has 8 nitrogen and oxygen atoms in total. The predicted molar refractivity (Wildman–Crippen MR) is 59.6 cm³/mol. The average Bonchev–Trinajstić information content (AvgIpc) is 2.93. The monoisotopic (exact) mass is 258 g/mol. The molecule has 2 heterocycles. The molecule has 2 aromatic rings. The van der Waals surface area contributed by atoms with Crippen molar-refractivity contribution < 1.29 is 19.1 Å². The maximum absolute atomic E-state index is 11.5. The zero-order chi connectivity index (χ0) is 13.6. The molecule has 1 aromatic carbocycles. The van der Waals surface area contributed by atoms with E-state index in [1.54, 1.807) is 0 Å². The standard InChI is InChI=1S/C11H6N4O4/c12-9(16)5-1-3-6(4-2-5)15-8-7(13-14-15)10(17)19-11(8)18/h1-4H,(H2,12,16). The van der Waals surface area contributed by atoms with Crippen LogP contribution in [0, 0.1) is 0 Å². The van der Waals surface area contributed by atoms with Crippen LogP contribution in [0.25, 0.3) is 5.69 Å². The van der Waals surface area contributed by atoms with E-state index in [4.69, 9.17) is 5.73 Å². The van der Waals surface area contributed by atoms with Crippen LogP contribution in [0.15, 0.2) is 24.3 Å². The third kappa shape index (κ3) is 1.58. The van der Waals surface area contributed by atoms with Gasteiger partial charge in [0.2, 0.25) is 11.6 Å². The Morgan fingerprint density at radius 2 is 1.84 bits per heavy atom. The quantitative estimate of drug-likeness (QED) is 0.582. The number of primary amides is 1. The van der Waals surface area contributed by atoms with E-state index in [2.05, 4.69) is 15.0 Å². The minimum atomic E-state index is -0.819. The normalized spacial score (nSPS) is 13.3. The molecule has 2 N–H and O–H groups in total. The summed E-state index contributed by atoms with van der Waals surface area (Å²) >= 11 is 0. The summed E-state index contributed by atoms with van der Waals surface area (Å²) in [7, 11) is 0. The minimum Gasteiger partial charge on any atom is -0.383 e. The van der Waals surface area contributed by atoms with Gasteiger partial charge in [-0.3, -0.25) is 4.79 Å². The topological polar surface area (TPSA) is 117 Å². The molecule has 0 fully saturated rings. The Kier molecular flexibility index (Phi) is 2.18. The number of amides is 1. The van der Waals surface area contributed by atoms with Gasteiger partial charge in [0.1, 0.15) is 0 Å². The second-order valence-corrected chi connectivity index (χ2v) is 3.79. The molecule has 1 aliphatic rings. The molecule has 0 saturated carbocycles. The highest BCUT2D eigenvalue weighted by molar-refractivity contribution is 6.12. The minimum absolute atomic E-state index is 0.0307. The van der Waals surface area contributed by atoms with E-state index in [1.165, 1.54) is 28.9 Å². The van der Waals surface area contributed by atoms with Crippen molar-refractivity contribution in [3.8, 4) is 5.69 Å². The molecular weight excluding hydrogens is 252 g/mol. The molecular formula is C11H6N4O4. The molecule has 3 rings (SSSR count). The zero-order valence-corrected chi connectivity index (χ0v) is 9.36. The molecule has 0 spiro atoms. The van der Waals surface area contributed by atoms with E-state index in [-0.39, 0.29) is 11.4 Å². The molecule has 8 heteroatoms. The number of nitrogens with two attached hydrogens (primary N) is 1. The van der Waals surface area contributed by atoms with Crippen LogP contribution in [0.5, 0.6) is 0 Å². The van der Waals surface area contributed by atoms with Crippen molar-refractivity contribution in [2.45, 2.75) is 0 Å². The molecule has 0 radical (unpaired) electrons. The van der Waals surface area contributed by atoms with Gasteiger partial charge in [-0.2, -0.15) is 0 Å². The summed E-state index contributed by atoms with van der Waals surface area (Å²) < 4.78 is 5.59. The Morgan fingerprint density at radius 1 is 1.16 bits per heavy atom. The van der Waals surface area contributed by atoms with Crippen molar-refractivity contribution in [1.82, 2.24) is 15.0 Å². The van der Waals surface area contributed by atoms with Gasteiger partial charge < -0.3 is 10.5 Å². The SMILES string of the molecule is NC(=O)c1ccc(-n2nnc3c2C(=O)OC3=O)cc1. The van der Waals surface area contributed by atoms with Crippen molar-refractivity contribution in [3.63, 3.8) is 0 Å². The van der Waals surface area contributed by atoms with Crippen molar-refractivity contribution in [3.05, 3.63) is 41.2 Å². The van der Waals surface area contributed by atoms with Gasteiger partial charge >= 0.3 is 11.9 Å². The molecule has 1 aromatic heterocycles. The van der Waals surface area contributed by atoms with Crippen LogP contribution in [0.1, 0.15) is 31.3 Å². The summed E-state index contributed by atoms with van der Waals surface area (Å²) in [6.45, 7) is 0. The number of rotatable bonds is 2. The Hall–Kier alpha value is -3.03. The van der Waals surface area contributed by atoms with Crippen LogP contribution >= 0.6 is 0 Å². The Balaban J connectivity index is 2.09. The van der Waals surface area contributed by atoms with Crippen LogP contribution in [0.4, 0.5) is 0 Å². The lowest BCUT2D eigenvalue weighted by atomic mass is 10.2. The number of benzene rings is 1. The van der Waals surface area contributed by atoms with E-state index < -0.39 is 17.8 Å². The maximum Gasteiger partial charge on any atom is 0.369 e. The summed E-state index contributed by atoms with van der Waals surface area (Å²) in [6.07, 6.45) is 0. The van der Waals surface area contributed by atoms with Gasteiger partial charge in [0.15, 0.2) is 5.69 Å². The number of esters is 2. The van der Waals surface area contributed by atoms with Gasteiger partial charge in [0.05, 0.1) is 5.69 Å². The van der Waals surface area contributed by atoms with Gasteiger partial charge in [-0.15, -0.1) is 5.10 Å². The van der Waals surface area contributed by atoms with Crippen LogP contribution < -0.4 is 5.73 Å². The van der Waals surface area contributed by atoms with Gasteiger partial charge in [-0.25, -0.2) is 14.3 Å². The van der Waals surface area contributed by atoms with Crippen molar-refractivity contribution in [2.24, 2.45) is 5.73 Å². The lowest BCUT2D eigenvalue weighted by Crippen LogP contribution is -2.12. The van der Waals surface area contributed by atoms with E-state index in [0.717, 1.165) is 0 Å². The molecule has 1 aliphatic heterocycles. The highest BCUT2D eigenvalue weighted by atomic mass is 16.6. The van der Waals surface area contributed by atoms with Gasteiger partial charge in [0.25, 0.3) is 0 Å². The second kappa shape index (κ2) is 3.73. The number of nitrogens with zero attached hydrogens (tertiary/aromatic N) is 3. The summed E-state index contributed by atoms with van der Waals surface area (Å²) in [6, 6.07) is 6.03. The highest BCUT2D eigenvalue weighted by Gasteiger charge is 2.37. The fourth-order valence-corrected chi connectivity index (χ4v) is 1.73. The first-order valence-electron chi connectivity index (χ1n) is 5.20. The Morgan fingerprint density at radius 3 is 2.47 bits per heavy atom. The second-order valence-electron chi connectivity index (χ2n) is 3.79. The van der Waals surface area contributed by atoms with Gasteiger partial charge in [0, 0.05) is 5.56 Å². The smallest absolute Gasteiger partial charge is 0.369 e. The first-order chi connectivity index (χ1) is 9.08. The number of fused-ring (bicyclic) bond motifs is 1. The van der Waals surface area contributed by atoms with Crippen molar-refractivity contribution in [2.75, 3.05) is 0 Å². The van der Waals surface area contributed by atoms with Crippen LogP contribution in [-0.2, 0) is 4.74 Å². The fraction of sp³-hybridized carbons (Fsp3) is 0. The van der Waals surface area contributed by atoms with E-state index in [1.807, 2.05) is 0 Å². The lowest BCUT2D eigenvalue weighted by molar-refractivity contribution is 0.0434. The van der Waals surface area contributed by atoms with Crippen LogP contribution in [-0.4, -0.2) is 32.8 Å². The summed E-state index contributed by atoms with van der Waals surface area (Å²) in [5.41, 5.74) is 5.75. The third-order valence-electron chi connectivity index (χ3n) is 2.64. The highest BCUT2D eigenvalue weighted by Crippen LogP contribution is 2.20. The molecule has 1 amide bonds. The summed E-state index contributed by atoms with van der Waals surface area (Å²) in [5, 5.41) is 7.30. The molecule has 0 aliphatic carbocycles. The molecule has 19 heavy (non-hydrogen) atoms. The number of hydrogen-bond donors (Lipinski definition) is 1. The van der Waals surface area contributed by atoms with Crippen LogP contribution in [0.2, 0.25) is 0 Å². The number of aromatic nitrogens is 3. The predicted octanol–water partition coefficient (Wildman–Crippen LogP) is -0.323. The molecule has 0 atom stereocenters. The van der Waals surface area contributed by atoms with E-state index >= 15 is 0 Å². The van der Waals surface area contributed by atoms with Gasteiger partial charge in [-0.05, 0) is 24.3 Å². The summed E-state index contributed by atoms with van der Waals surface area (Å²) in [4.78, 5) is 33.7. The lowest BCUT2D eigenvalue weighted by Gasteiger charge is -2.03. The van der Waals surface area contributed by atoms with Gasteiger partial charge in [-0.1, -0.05) is 5.21 Å². The molecule has 0 unspecified atom stereocenters. The maximum atomic E-state index is 11.5. The number of ether oxygens (including phenoxy) is 1. The first-order valence-corrected chi connectivity index (χ1v) is 5.20. The first kappa shape index (κ1) is 11.1. The number of carbonyl (C=O) groups excluding carboxylic acids is 3. The number of carbonyl (C=O) groups is 3. The van der Waals surface area contributed by atoms with Crippen LogP contribution in [0.3, 0.4) is 0 Å². The number of hydrogen-bond acceptors (Lipinski definition) is 6. The zero-order valence-electron chi connectivity index (χ0n) is 9.36. The van der Waals surface area contributed by atoms with Crippen molar-refractivity contribution in [1.29, 1.82) is 0 Å². The molecule has 0 saturated heterocycles. The van der Waals surface area contributed by atoms with E-state index in [9.17, 15) is 14.4 Å². The fourth-order valence-electron chi connectivity index (χ4n) is 1.73. The molecule has 94 valence electrons.